The number of amides is 1. The Bertz CT molecular complexity index is 279. The number of likely N-dealkylation sites (N-methyl/N-ethyl adjacent to an activating group) is 1. The summed E-state index contributed by atoms with van der Waals surface area (Å²) in [6.07, 6.45) is 1.18. The van der Waals surface area contributed by atoms with E-state index in [0.717, 1.165) is 0 Å². The van der Waals surface area contributed by atoms with Crippen LogP contribution in [0.1, 0.15) is 20.8 Å². The van der Waals surface area contributed by atoms with Crippen molar-refractivity contribution in [3.63, 3.8) is 0 Å². The smallest absolute Gasteiger partial charge is 0.410 e. The molecule has 0 aliphatic rings. The molecule has 16 heavy (non-hydrogen) atoms. The molecule has 2 N–H and O–H groups in total. The van der Waals surface area contributed by atoms with Crippen LogP contribution < -0.4 is 5.73 Å². The summed E-state index contributed by atoms with van der Waals surface area (Å²) in [6.45, 7) is 13.2. The predicted octanol–water partition coefficient (Wildman–Crippen LogP) is 1.92. The molecule has 1 amide bonds. The van der Waals surface area contributed by atoms with Gasteiger partial charge >= 0.3 is 6.09 Å². The fourth-order valence-electron chi connectivity index (χ4n) is 1.16. The lowest BCUT2D eigenvalue weighted by Gasteiger charge is -2.30. The van der Waals surface area contributed by atoms with Gasteiger partial charge < -0.3 is 15.4 Å². The molecule has 92 valence electrons. The summed E-state index contributed by atoms with van der Waals surface area (Å²) in [5.74, 6) is 0. The average molecular weight is 226 g/mol. The Kier molecular flexibility index (Phi) is 5.24. The van der Waals surface area contributed by atoms with Crippen LogP contribution in [-0.4, -0.2) is 36.2 Å². The van der Waals surface area contributed by atoms with Gasteiger partial charge in [-0.3, -0.25) is 0 Å². The summed E-state index contributed by atoms with van der Waals surface area (Å²) < 4.78 is 5.23. The fraction of sp³-hybridized carbons (Fsp3) is 0.583. The summed E-state index contributed by atoms with van der Waals surface area (Å²) >= 11 is 0. The molecule has 0 aromatic heterocycles. The number of hydrogen-bond acceptors (Lipinski definition) is 3. The molecular formula is C12H22N2O2. The van der Waals surface area contributed by atoms with Crippen LogP contribution in [0, 0.1) is 0 Å². The molecule has 0 rings (SSSR count). The standard InChI is InChI=1S/C12H22N2O2/c1-7-9(2)10(8-13)14(6)11(15)16-12(3,4)5/h7,10H,1-2,8,13H2,3-6H3. The molecule has 1 atom stereocenters. The van der Waals surface area contributed by atoms with Crippen molar-refractivity contribution >= 4 is 6.09 Å². The molecule has 0 aliphatic carbocycles. The van der Waals surface area contributed by atoms with E-state index >= 15 is 0 Å². The normalized spacial score (nSPS) is 12.8. The average Bonchev–Trinajstić information content (AvgIpc) is 2.15. The van der Waals surface area contributed by atoms with Gasteiger partial charge in [-0.2, -0.15) is 0 Å². The number of rotatable bonds is 4. The van der Waals surface area contributed by atoms with Crippen LogP contribution in [0.3, 0.4) is 0 Å². The second-order valence-electron chi connectivity index (χ2n) is 4.62. The lowest BCUT2D eigenvalue weighted by molar-refractivity contribution is 0.0255. The summed E-state index contributed by atoms with van der Waals surface area (Å²) in [7, 11) is 1.64. The highest BCUT2D eigenvalue weighted by atomic mass is 16.6. The maximum absolute atomic E-state index is 11.8. The van der Waals surface area contributed by atoms with Gasteiger partial charge in [0, 0.05) is 13.6 Å². The molecule has 0 spiro atoms. The van der Waals surface area contributed by atoms with Crippen molar-refractivity contribution in [2.75, 3.05) is 13.6 Å². The van der Waals surface area contributed by atoms with E-state index in [1.54, 1.807) is 13.1 Å². The molecule has 0 fully saturated rings. The molecule has 0 heterocycles. The molecule has 0 aromatic carbocycles. The number of hydrogen-bond donors (Lipinski definition) is 1. The molecule has 0 saturated heterocycles. The molecule has 4 nitrogen and oxygen atoms in total. The van der Waals surface area contributed by atoms with Crippen molar-refractivity contribution in [3.8, 4) is 0 Å². The first kappa shape index (κ1) is 14.7. The third-order valence-electron chi connectivity index (χ3n) is 2.06. The highest BCUT2D eigenvalue weighted by molar-refractivity contribution is 5.69. The maximum Gasteiger partial charge on any atom is 0.410 e. The van der Waals surface area contributed by atoms with Gasteiger partial charge in [0.2, 0.25) is 0 Å². The quantitative estimate of drug-likeness (QED) is 0.745. The van der Waals surface area contributed by atoms with Crippen LogP contribution in [0.4, 0.5) is 4.79 Å². The van der Waals surface area contributed by atoms with Crippen LogP contribution >= 0.6 is 0 Å². The third kappa shape index (κ3) is 4.49. The number of ether oxygens (including phenoxy) is 1. The van der Waals surface area contributed by atoms with E-state index in [0.29, 0.717) is 12.1 Å². The predicted molar refractivity (Wildman–Crippen MR) is 66.2 cm³/mol. The second-order valence-corrected chi connectivity index (χ2v) is 4.62. The van der Waals surface area contributed by atoms with E-state index in [1.165, 1.54) is 4.90 Å². The largest absolute Gasteiger partial charge is 0.444 e. The Morgan fingerprint density at radius 2 is 2.06 bits per heavy atom. The fourth-order valence-corrected chi connectivity index (χ4v) is 1.16. The van der Waals surface area contributed by atoms with E-state index < -0.39 is 11.7 Å². The molecule has 1 unspecified atom stereocenters. The van der Waals surface area contributed by atoms with Crippen LogP contribution in [0.25, 0.3) is 0 Å². The minimum atomic E-state index is -0.514. The first-order valence-electron chi connectivity index (χ1n) is 5.20. The van der Waals surface area contributed by atoms with Gasteiger partial charge in [-0.15, -0.1) is 0 Å². The van der Waals surface area contributed by atoms with Gasteiger partial charge in [0.1, 0.15) is 5.60 Å². The Morgan fingerprint density at radius 1 is 1.56 bits per heavy atom. The van der Waals surface area contributed by atoms with Gasteiger partial charge in [0.15, 0.2) is 0 Å². The topological polar surface area (TPSA) is 55.6 Å². The van der Waals surface area contributed by atoms with E-state index in [-0.39, 0.29) is 6.04 Å². The zero-order chi connectivity index (χ0) is 12.9. The SMILES string of the molecule is C=CC(=C)C(CN)N(C)C(=O)OC(C)(C)C. The number of nitrogens with two attached hydrogens (primary N) is 1. The molecule has 0 radical (unpaired) electrons. The number of carbonyl (C=O) groups excluding carboxylic acids is 1. The zero-order valence-electron chi connectivity index (χ0n) is 10.6. The Labute approximate surface area is 97.7 Å². The minimum absolute atomic E-state index is 0.271. The van der Waals surface area contributed by atoms with Crippen LogP contribution in [-0.2, 0) is 4.74 Å². The number of nitrogens with zero attached hydrogens (tertiary/aromatic N) is 1. The highest BCUT2D eigenvalue weighted by Gasteiger charge is 2.25. The highest BCUT2D eigenvalue weighted by Crippen LogP contribution is 2.13. The van der Waals surface area contributed by atoms with Crippen LogP contribution in [0.5, 0.6) is 0 Å². The third-order valence-corrected chi connectivity index (χ3v) is 2.06. The molecule has 0 saturated carbocycles. The Hall–Kier alpha value is -1.29. The van der Waals surface area contributed by atoms with E-state index in [2.05, 4.69) is 13.2 Å². The number of carbonyl (C=O) groups is 1. The van der Waals surface area contributed by atoms with Crippen molar-refractivity contribution in [2.45, 2.75) is 32.4 Å². The second kappa shape index (κ2) is 5.70. The van der Waals surface area contributed by atoms with Gasteiger partial charge in [-0.1, -0.05) is 19.2 Å². The molecule has 0 aromatic rings. The summed E-state index contributed by atoms with van der Waals surface area (Å²) in [5.41, 5.74) is 5.78. The zero-order valence-corrected chi connectivity index (χ0v) is 10.6. The van der Waals surface area contributed by atoms with Gasteiger partial charge in [-0.25, -0.2) is 4.79 Å². The summed E-state index contributed by atoms with van der Waals surface area (Å²) in [5, 5.41) is 0. The first-order valence-corrected chi connectivity index (χ1v) is 5.20. The Balaban J connectivity index is 4.63. The van der Waals surface area contributed by atoms with Gasteiger partial charge in [0.25, 0.3) is 0 Å². The molecule has 4 heteroatoms. The Morgan fingerprint density at radius 3 is 2.38 bits per heavy atom. The molecule has 0 aliphatic heterocycles. The summed E-state index contributed by atoms with van der Waals surface area (Å²) in [4.78, 5) is 13.2. The van der Waals surface area contributed by atoms with Crippen molar-refractivity contribution < 1.29 is 9.53 Å². The minimum Gasteiger partial charge on any atom is -0.444 e. The monoisotopic (exact) mass is 226 g/mol. The first-order chi connectivity index (χ1) is 7.22. The van der Waals surface area contributed by atoms with E-state index in [9.17, 15) is 4.79 Å². The van der Waals surface area contributed by atoms with E-state index in [1.807, 2.05) is 20.8 Å². The van der Waals surface area contributed by atoms with Crippen molar-refractivity contribution in [1.82, 2.24) is 4.90 Å². The summed E-state index contributed by atoms with van der Waals surface area (Å²) in [6, 6.07) is -0.271. The van der Waals surface area contributed by atoms with Crippen LogP contribution in [0.2, 0.25) is 0 Å². The van der Waals surface area contributed by atoms with E-state index in [4.69, 9.17) is 10.5 Å². The van der Waals surface area contributed by atoms with Crippen molar-refractivity contribution in [3.05, 3.63) is 24.8 Å². The van der Waals surface area contributed by atoms with Crippen LogP contribution in [0.15, 0.2) is 24.8 Å². The van der Waals surface area contributed by atoms with Gasteiger partial charge in [-0.05, 0) is 26.3 Å². The van der Waals surface area contributed by atoms with Crippen molar-refractivity contribution in [2.24, 2.45) is 5.73 Å². The molecular weight excluding hydrogens is 204 g/mol. The van der Waals surface area contributed by atoms with Gasteiger partial charge in [0.05, 0.1) is 6.04 Å². The van der Waals surface area contributed by atoms with Crippen molar-refractivity contribution in [1.29, 1.82) is 0 Å². The lowest BCUT2D eigenvalue weighted by Crippen LogP contribution is -2.44. The lowest BCUT2D eigenvalue weighted by atomic mass is 10.1. The molecule has 0 bridgehead atoms. The maximum atomic E-state index is 11.8.